The van der Waals surface area contributed by atoms with Gasteiger partial charge < -0.3 is 5.73 Å². The lowest BCUT2D eigenvalue weighted by atomic mass is 10.1. The molecule has 0 aliphatic rings. The lowest BCUT2D eigenvalue weighted by Crippen LogP contribution is -1.91. The fourth-order valence-electron chi connectivity index (χ4n) is 1.64. The lowest BCUT2D eigenvalue weighted by Gasteiger charge is -2.00. The van der Waals surface area contributed by atoms with Gasteiger partial charge in [0.2, 0.25) is 0 Å². The number of benzene rings is 1. The molecule has 2 heteroatoms. The summed E-state index contributed by atoms with van der Waals surface area (Å²) in [6.45, 7) is 4.89. The van der Waals surface area contributed by atoms with E-state index >= 15 is 0 Å². The van der Waals surface area contributed by atoms with E-state index in [1.807, 2.05) is 0 Å². The lowest BCUT2D eigenvalue weighted by molar-refractivity contribution is 1.10. The van der Waals surface area contributed by atoms with Crippen LogP contribution < -0.4 is 5.73 Å². The molecule has 0 aliphatic carbocycles. The van der Waals surface area contributed by atoms with Crippen molar-refractivity contribution in [2.45, 2.75) is 20.4 Å². The smallest absolute Gasteiger partial charge is 0.0375 e. The third-order valence-electron chi connectivity index (χ3n) is 2.48. The molecule has 0 atom stereocenters. The summed E-state index contributed by atoms with van der Waals surface area (Å²) in [4.78, 5) is 2.60. The van der Waals surface area contributed by atoms with E-state index in [1.54, 1.807) is 11.3 Å². The first-order valence-electron chi connectivity index (χ1n) is 5.07. The number of hydrogen-bond acceptors (Lipinski definition) is 2. The summed E-state index contributed by atoms with van der Waals surface area (Å²) in [5.74, 6) is 0. The van der Waals surface area contributed by atoms with Crippen molar-refractivity contribution in [3.63, 3.8) is 0 Å². The minimum Gasteiger partial charge on any atom is -0.326 e. The van der Waals surface area contributed by atoms with E-state index in [4.69, 9.17) is 5.73 Å². The van der Waals surface area contributed by atoms with Gasteiger partial charge in [0, 0.05) is 16.3 Å². The molecule has 0 bridgehead atoms. The number of aryl methyl sites for hydroxylation is 2. The van der Waals surface area contributed by atoms with Crippen molar-refractivity contribution in [3.05, 3.63) is 46.3 Å². The third-order valence-corrected chi connectivity index (χ3v) is 3.79. The van der Waals surface area contributed by atoms with Gasteiger partial charge in [-0.3, -0.25) is 0 Å². The second kappa shape index (κ2) is 4.17. The average Bonchev–Trinajstić information content (AvgIpc) is 2.61. The van der Waals surface area contributed by atoms with Crippen molar-refractivity contribution in [1.29, 1.82) is 0 Å². The van der Waals surface area contributed by atoms with Crippen molar-refractivity contribution < 1.29 is 0 Å². The van der Waals surface area contributed by atoms with E-state index in [9.17, 15) is 0 Å². The van der Waals surface area contributed by atoms with Gasteiger partial charge in [-0.1, -0.05) is 29.8 Å². The summed E-state index contributed by atoms with van der Waals surface area (Å²) in [5, 5.41) is 0. The van der Waals surface area contributed by atoms with Crippen molar-refractivity contribution >= 4 is 11.3 Å². The molecular formula is C13H15NS. The maximum atomic E-state index is 5.64. The number of thiophene rings is 1. The molecule has 1 nitrogen and oxygen atoms in total. The van der Waals surface area contributed by atoms with E-state index < -0.39 is 0 Å². The summed E-state index contributed by atoms with van der Waals surface area (Å²) < 4.78 is 0. The number of rotatable bonds is 2. The fourth-order valence-corrected chi connectivity index (χ4v) is 2.70. The van der Waals surface area contributed by atoms with Crippen LogP contribution in [0.25, 0.3) is 10.4 Å². The molecule has 2 aromatic rings. The van der Waals surface area contributed by atoms with Crippen molar-refractivity contribution in [2.24, 2.45) is 5.73 Å². The fraction of sp³-hybridized carbons (Fsp3) is 0.231. The van der Waals surface area contributed by atoms with Gasteiger partial charge in [0.15, 0.2) is 0 Å². The van der Waals surface area contributed by atoms with Gasteiger partial charge in [-0.25, -0.2) is 0 Å². The SMILES string of the molecule is Cc1ccc(-c2sc(CN)cc2C)cc1. The van der Waals surface area contributed by atoms with Crippen LogP contribution in [0.2, 0.25) is 0 Å². The molecular weight excluding hydrogens is 202 g/mol. The van der Waals surface area contributed by atoms with Crippen LogP contribution in [0.3, 0.4) is 0 Å². The minimum atomic E-state index is 0.636. The highest BCUT2D eigenvalue weighted by atomic mass is 32.1. The van der Waals surface area contributed by atoms with Gasteiger partial charge in [0.1, 0.15) is 0 Å². The molecule has 1 aromatic carbocycles. The van der Waals surface area contributed by atoms with Crippen molar-refractivity contribution in [3.8, 4) is 10.4 Å². The summed E-state index contributed by atoms with van der Waals surface area (Å²) in [5.41, 5.74) is 9.56. The van der Waals surface area contributed by atoms with Crippen LogP contribution in [0.5, 0.6) is 0 Å². The maximum Gasteiger partial charge on any atom is 0.0375 e. The van der Waals surface area contributed by atoms with E-state index in [1.165, 1.54) is 26.4 Å². The Labute approximate surface area is 94.6 Å². The molecule has 0 spiro atoms. The van der Waals surface area contributed by atoms with Crippen LogP contribution in [-0.4, -0.2) is 0 Å². The molecule has 0 radical (unpaired) electrons. The van der Waals surface area contributed by atoms with Crippen LogP contribution in [-0.2, 0) is 6.54 Å². The van der Waals surface area contributed by atoms with Crippen molar-refractivity contribution in [2.75, 3.05) is 0 Å². The minimum absolute atomic E-state index is 0.636. The van der Waals surface area contributed by atoms with Gasteiger partial charge in [0.05, 0.1) is 0 Å². The Balaban J connectivity index is 2.44. The number of hydrogen-bond donors (Lipinski definition) is 1. The molecule has 1 aromatic heterocycles. The van der Waals surface area contributed by atoms with Crippen LogP contribution in [0.4, 0.5) is 0 Å². The van der Waals surface area contributed by atoms with E-state index in [0.717, 1.165) is 0 Å². The van der Waals surface area contributed by atoms with Gasteiger partial charge in [-0.2, -0.15) is 0 Å². The van der Waals surface area contributed by atoms with Crippen LogP contribution in [0, 0.1) is 13.8 Å². The molecule has 0 fully saturated rings. The summed E-state index contributed by atoms with van der Waals surface area (Å²) in [7, 11) is 0. The first-order chi connectivity index (χ1) is 7.20. The zero-order chi connectivity index (χ0) is 10.8. The molecule has 0 saturated carbocycles. The van der Waals surface area contributed by atoms with Crippen LogP contribution >= 0.6 is 11.3 Å². The number of nitrogens with two attached hydrogens (primary N) is 1. The first kappa shape index (κ1) is 10.4. The van der Waals surface area contributed by atoms with E-state index in [-0.39, 0.29) is 0 Å². The molecule has 0 saturated heterocycles. The second-order valence-electron chi connectivity index (χ2n) is 3.79. The molecule has 0 amide bonds. The Hall–Kier alpha value is -1.12. The average molecular weight is 217 g/mol. The molecule has 2 N–H and O–H groups in total. The highest BCUT2D eigenvalue weighted by molar-refractivity contribution is 7.15. The summed E-state index contributed by atoms with van der Waals surface area (Å²) in [6.07, 6.45) is 0. The highest BCUT2D eigenvalue weighted by Crippen LogP contribution is 2.32. The Morgan fingerprint density at radius 3 is 2.33 bits per heavy atom. The second-order valence-corrected chi connectivity index (χ2v) is 4.93. The van der Waals surface area contributed by atoms with E-state index in [2.05, 4.69) is 44.2 Å². The molecule has 0 aliphatic heterocycles. The molecule has 1 heterocycles. The Morgan fingerprint density at radius 1 is 1.13 bits per heavy atom. The van der Waals surface area contributed by atoms with Gasteiger partial charge in [0.25, 0.3) is 0 Å². The highest BCUT2D eigenvalue weighted by Gasteiger charge is 2.06. The van der Waals surface area contributed by atoms with Crippen molar-refractivity contribution in [1.82, 2.24) is 0 Å². The zero-order valence-corrected chi connectivity index (χ0v) is 9.90. The van der Waals surface area contributed by atoms with Gasteiger partial charge >= 0.3 is 0 Å². The molecule has 0 unspecified atom stereocenters. The molecule has 78 valence electrons. The maximum absolute atomic E-state index is 5.64. The zero-order valence-electron chi connectivity index (χ0n) is 9.08. The normalized spacial score (nSPS) is 10.6. The van der Waals surface area contributed by atoms with E-state index in [0.29, 0.717) is 6.54 Å². The summed E-state index contributed by atoms with van der Waals surface area (Å²) >= 11 is 1.79. The molecule has 2 rings (SSSR count). The topological polar surface area (TPSA) is 26.0 Å². The van der Waals surface area contributed by atoms with Gasteiger partial charge in [-0.15, -0.1) is 11.3 Å². The Morgan fingerprint density at radius 2 is 1.80 bits per heavy atom. The Bertz CT molecular complexity index is 454. The van der Waals surface area contributed by atoms with Gasteiger partial charge in [-0.05, 0) is 31.0 Å². The summed E-state index contributed by atoms with van der Waals surface area (Å²) in [6, 6.07) is 10.8. The Kier molecular flexibility index (Phi) is 2.89. The standard InChI is InChI=1S/C13H15NS/c1-9-3-5-11(6-4-9)13-10(2)7-12(8-14)15-13/h3-7H,8,14H2,1-2H3. The largest absolute Gasteiger partial charge is 0.326 e. The predicted octanol–water partition coefficient (Wildman–Crippen LogP) is 3.49. The molecule has 15 heavy (non-hydrogen) atoms. The monoisotopic (exact) mass is 217 g/mol. The third kappa shape index (κ3) is 2.11. The first-order valence-corrected chi connectivity index (χ1v) is 5.89. The predicted molar refractivity (Wildman–Crippen MR) is 67.1 cm³/mol. The van der Waals surface area contributed by atoms with Crippen LogP contribution in [0.1, 0.15) is 16.0 Å². The van der Waals surface area contributed by atoms with Crippen LogP contribution in [0.15, 0.2) is 30.3 Å². The quantitative estimate of drug-likeness (QED) is 0.818.